The Kier molecular flexibility index (Phi) is 3.58. The summed E-state index contributed by atoms with van der Waals surface area (Å²) in [6.07, 6.45) is 0. The van der Waals surface area contributed by atoms with Crippen molar-refractivity contribution in [1.29, 1.82) is 0 Å². The largest absolute Gasteiger partial charge is 0.454 e. The van der Waals surface area contributed by atoms with Crippen LogP contribution in [0, 0.1) is 0 Å². The second-order valence-corrected chi connectivity index (χ2v) is 5.01. The average Bonchev–Trinajstić information content (AvgIpc) is 2.93. The van der Waals surface area contributed by atoms with Crippen molar-refractivity contribution in [2.24, 2.45) is 5.73 Å². The number of hydrogen-bond acceptors (Lipinski definition) is 4. The monoisotopic (exact) mass is 304 g/mol. The maximum absolute atomic E-state index is 11.3. The van der Waals surface area contributed by atoms with Gasteiger partial charge in [-0.25, -0.2) is 0 Å². The molecule has 0 aliphatic carbocycles. The molecule has 0 saturated carbocycles. The molecule has 0 atom stereocenters. The van der Waals surface area contributed by atoms with E-state index in [0.29, 0.717) is 17.1 Å². The zero-order valence-corrected chi connectivity index (χ0v) is 11.8. The standard InChI is InChI=1S/C15H13ClN2O3/c16-12-3-2-10(6-11(12)15(17)19)18-7-9-1-4-13-14(5-9)21-8-20-13/h1-6,18H,7-8H2,(H2,17,19). The molecule has 6 heteroatoms. The Labute approximate surface area is 126 Å². The van der Waals surface area contributed by atoms with Gasteiger partial charge in [-0.15, -0.1) is 0 Å². The van der Waals surface area contributed by atoms with Gasteiger partial charge in [-0.3, -0.25) is 4.79 Å². The summed E-state index contributed by atoms with van der Waals surface area (Å²) in [5.74, 6) is 0.941. The number of benzene rings is 2. The molecule has 21 heavy (non-hydrogen) atoms. The van der Waals surface area contributed by atoms with Crippen molar-refractivity contribution < 1.29 is 14.3 Å². The van der Waals surface area contributed by atoms with Crippen LogP contribution >= 0.6 is 11.6 Å². The fourth-order valence-electron chi connectivity index (χ4n) is 2.08. The molecule has 3 N–H and O–H groups in total. The number of carbonyl (C=O) groups excluding carboxylic acids is 1. The number of primary amides is 1. The van der Waals surface area contributed by atoms with E-state index in [2.05, 4.69) is 5.32 Å². The van der Waals surface area contributed by atoms with E-state index in [-0.39, 0.29) is 6.79 Å². The van der Waals surface area contributed by atoms with Gasteiger partial charge < -0.3 is 20.5 Å². The maximum Gasteiger partial charge on any atom is 0.250 e. The highest BCUT2D eigenvalue weighted by Crippen LogP contribution is 2.32. The highest BCUT2D eigenvalue weighted by Gasteiger charge is 2.13. The molecular weight excluding hydrogens is 292 g/mol. The van der Waals surface area contributed by atoms with Crippen LogP contribution < -0.4 is 20.5 Å². The second-order valence-electron chi connectivity index (χ2n) is 4.60. The molecule has 1 heterocycles. The zero-order valence-electron chi connectivity index (χ0n) is 11.1. The van der Waals surface area contributed by atoms with E-state index in [9.17, 15) is 4.79 Å². The molecule has 2 aromatic carbocycles. The molecule has 0 unspecified atom stereocenters. The molecule has 1 amide bonds. The van der Waals surface area contributed by atoms with Crippen LogP contribution in [-0.2, 0) is 6.54 Å². The molecule has 2 aromatic rings. The van der Waals surface area contributed by atoms with E-state index in [0.717, 1.165) is 22.7 Å². The van der Waals surface area contributed by atoms with Crippen LogP contribution in [0.15, 0.2) is 36.4 Å². The van der Waals surface area contributed by atoms with Crippen molar-refractivity contribution >= 4 is 23.2 Å². The van der Waals surface area contributed by atoms with Crippen molar-refractivity contribution in [1.82, 2.24) is 0 Å². The summed E-state index contributed by atoms with van der Waals surface area (Å²) in [6.45, 7) is 0.835. The number of amides is 1. The number of hydrogen-bond donors (Lipinski definition) is 2. The Hall–Kier alpha value is -2.40. The lowest BCUT2D eigenvalue weighted by Gasteiger charge is -2.09. The molecule has 0 fully saturated rings. The summed E-state index contributed by atoms with van der Waals surface area (Å²) < 4.78 is 10.6. The van der Waals surface area contributed by atoms with Crippen molar-refractivity contribution in [3.8, 4) is 11.5 Å². The second kappa shape index (κ2) is 5.54. The summed E-state index contributed by atoms with van der Waals surface area (Å²) in [7, 11) is 0. The zero-order chi connectivity index (χ0) is 14.8. The van der Waals surface area contributed by atoms with Gasteiger partial charge in [0.1, 0.15) is 0 Å². The SMILES string of the molecule is NC(=O)c1cc(NCc2ccc3c(c2)OCO3)ccc1Cl. The number of fused-ring (bicyclic) bond motifs is 1. The Morgan fingerprint density at radius 2 is 2.00 bits per heavy atom. The van der Waals surface area contributed by atoms with Gasteiger partial charge in [0.2, 0.25) is 12.7 Å². The highest BCUT2D eigenvalue weighted by atomic mass is 35.5. The molecule has 3 rings (SSSR count). The highest BCUT2D eigenvalue weighted by molar-refractivity contribution is 6.33. The van der Waals surface area contributed by atoms with E-state index in [1.807, 2.05) is 18.2 Å². The van der Waals surface area contributed by atoms with Gasteiger partial charge in [-0.1, -0.05) is 17.7 Å². The first kappa shape index (κ1) is 13.6. The van der Waals surface area contributed by atoms with Crippen LogP contribution in [0.3, 0.4) is 0 Å². The van der Waals surface area contributed by atoms with Gasteiger partial charge in [-0.2, -0.15) is 0 Å². The summed E-state index contributed by atoms with van der Waals surface area (Å²) >= 11 is 5.91. The summed E-state index contributed by atoms with van der Waals surface area (Å²) in [6, 6.07) is 10.8. The number of rotatable bonds is 4. The van der Waals surface area contributed by atoms with E-state index in [1.54, 1.807) is 18.2 Å². The number of ether oxygens (including phenoxy) is 2. The van der Waals surface area contributed by atoms with Crippen molar-refractivity contribution in [2.75, 3.05) is 12.1 Å². The summed E-state index contributed by atoms with van der Waals surface area (Å²) in [5.41, 5.74) is 7.38. The smallest absolute Gasteiger partial charge is 0.250 e. The van der Waals surface area contributed by atoms with Crippen LogP contribution in [0.1, 0.15) is 15.9 Å². The van der Waals surface area contributed by atoms with Crippen molar-refractivity contribution in [3.05, 3.63) is 52.5 Å². The topological polar surface area (TPSA) is 73.6 Å². The summed E-state index contributed by atoms with van der Waals surface area (Å²) in [5, 5.41) is 3.56. The van der Waals surface area contributed by atoms with Gasteiger partial charge in [0, 0.05) is 12.2 Å². The van der Waals surface area contributed by atoms with Gasteiger partial charge in [-0.05, 0) is 35.9 Å². The maximum atomic E-state index is 11.3. The fourth-order valence-corrected chi connectivity index (χ4v) is 2.29. The minimum Gasteiger partial charge on any atom is -0.454 e. The molecule has 108 valence electrons. The van der Waals surface area contributed by atoms with Gasteiger partial charge in [0.15, 0.2) is 11.5 Å². The molecular formula is C15H13ClN2O3. The van der Waals surface area contributed by atoms with Gasteiger partial charge in [0.25, 0.3) is 0 Å². The molecule has 0 aromatic heterocycles. The third-order valence-corrected chi connectivity index (χ3v) is 3.50. The Bertz CT molecular complexity index is 703. The number of carbonyl (C=O) groups is 1. The van der Waals surface area contributed by atoms with Crippen molar-refractivity contribution in [3.63, 3.8) is 0 Å². The van der Waals surface area contributed by atoms with Crippen LogP contribution in [0.25, 0.3) is 0 Å². The molecule has 0 radical (unpaired) electrons. The third-order valence-electron chi connectivity index (χ3n) is 3.17. The first-order chi connectivity index (χ1) is 10.1. The van der Waals surface area contributed by atoms with Crippen LogP contribution in [0.4, 0.5) is 5.69 Å². The number of halogens is 1. The quantitative estimate of drug-likeness (QED) is 0.911. The predicted octanol–water partition coefficient (Wildman–Crippen LogP) is 2.78. The molecule has 1 aliphatic rings. The van der Waals surface area contributed by atoms with E-state index >= 15 is 0 Å². The minimum absolute atomic E-state index is 0.255. The number of nitrogens with two attached hydrogens (primary N) is 1. The minimum atomic E-state index is -0.549. The predicted molar refractivity (Wildman–Crippen MR) is 79.9 cm³/mol. The third kappa shape index (κ3) is 2.87. The lowest BCUT2D eigenvalue weighted by molar-refractivity contribution is 0.100. The number of nitrogens with one attached hydrogen (secondary N) is 1. The molecule has 0 bridgehead atoms. The molecule has 1 aliphatic heterocycles. The van der Waals surface area contributed by atoms with Crippen LogP contribution in [0.2, 0.25) is 5.02 Å². The summed E-state index contributed by atoms with van der Waals surface area (Å²) in [4.78, 5) is 11.3. The molecule has 5 nitrogen and oxygen atoms in total. The van der Waals surface area contributed by atoms with Crippen molar-refractivity contribution in [2.45, 2.75) is 6.54 Å². The van der Waals surface area contributed by atoms with Crippen LogP contribution in [-0.4, -0.2) is 12.7 Å². The van der Waals surface area contributed by atoms with E-state index < -0.39 is 5.91 Å². The fraction of sp³-hybridized carbons (Fsp3) is 0.133. The Morgan fingerprint density at radius 3 is 2.81 bits per heavy atom. The average molecular weight is 305 g/mol. The first-order valence-corrected chi connectivity index (χ1v) is 6.73. The lowest BCUT2D eigenvalue weighted by Crippen LogP contribution is -2.12. The lowest BCUT2D eigenvalue weighted by atomic mass is 10.1. The van der Waals surface area contributed by atoms with Crippen LogP contribution in [0.5, 0.6) is 11.5 Å². The first-order valence-electron chi connectivity index (χ1n) is 6.35. The van der Waals surface area contributed by atoms with E-state index in [4.69, 9.17) is 26.8 Å². The van der Waals surface area contributed by atoms with Gasteiger partial charge in [0.05, 0.1) is 10.6 Å². The number of anilines is 1. The van der Waals surface area contributed by atoms with Gasteiger partial charge >= 0.3 is 0 Å². The van der Waals surface area contributed by atoms with E-state index in [1.165, 1.54) is 0 Å². The normalized spacial score (nSPS) is 12.2. The Balaban J connectivity index is 1.73. The molecule has 0 spiro atoms. The molecule has 0 saturated heterocycles. The Morgan fingerprint density at radius 1 is 1.19 bits per heavy atom.